The molecule has 5 heteroatoms. The quantitative estimate of drug-likeness (QED) is 0.463. The number of aryl methyl sites for hydroxylation is 1. The molecular formula is C22H22Cl3NO. The third-order valence-electron chi connectivity index (χ3n) is 4.09. The van der Waals surface area contributed by atoms with Gasteiger partial charge in [-0.3, -0.25) is 0 Å². The third kappa shape index (κ3) is 6.75. The Morgan fingerprint density at radius 2 is 1.59 bits per heavy atom. The summed E-state index contributed by atoms with van der Waals surface area (Å²) < 4.78 is 5.88. The van der Waals surface area contributed by atoms with Crippen LogP contribution in [0.5, 0.6) is 5.75 Å². The van der Waals surface area contributed by atoms with E-state index < -0.39 is 0 Å². The van der Waals surface area contributed by atoms with E-state index in [1.165, 1.54) is 16.7 Å². The van der Waals surface area contributed by atoms with E-state index in [2.05, 4.69) is 42.6 Å². The van der Waals surface area contributed by atoms with Crippen molar-refractivity contribution in [3.8, 4) is 5.75 Å². The van der Waals surface area contributed by atoms with Gasteiger partial charge in [-0.1, -0.05) is 71.2 Å². The van der Waals surface area contributed by atoms with Crippen LogP contribution in [0.1, 0.15) is 22.3 Å². The van der Waals surface area contributed by atoms with Crippen LogP contribution in [0.3, 0.4) is 0 Å². The van der Waals surface area contributed by atoms with Crippen LogP contribution in [-0.2, 0) is 19.7 Å². The highest BCUT2D eigenvalue weighted by Gasteiger charge is 2.03. The summed E-state index contributed by atoms with van der Waals surface area (Å²) in [4.78, 5) is 0. The molecule has 142 valence electrons. The lowest BCUT2D eigenvalue weighted by molar-refractivity contribution is 0.306. The number of hydrogen-bond donors (Lipinski definition) is 1. The zero-order valence-electron chi connectivity index (χ0n) is 15.0. The van der Waals surface area contributed by atoms with Crippen molar-refractivity contribution in [1.29, 1.82) is 0 Å². The van der Waals surface area contributed by atoms with Crippen LogP contribution in [0.4, 0.5) is 0 Å². The lowest BCUT2D eigenvalue weighted by Crippen LogP contribution is -2.12. The molecule has 0 amide bonds. The van der Waals surface area contributed by atoms with Crippen LogP contribution in [0.25, 0.3) is 0 Å². The first-order valence-corrected chi connectivity index (χ1v) is 9.28. The van der Waals surface area contributed by atoms with Gasteiger partial charge in [-0.05, 0) is 42.3 Å². The average molecular weight is 423 g/mol. The van der Waals surface area contributed by atoms with Gasteiger partial charge in [-0.2, -0.15) is 0 Å². The summed E-state index contributed by atoms with van der Waals surface area (Å²) in [6.07, 6.45) is 0. The van der Waals surface area contributed by atoms with E-state index in [1.54, 1.807) is 6.07 Å². The van der Waals surface area contributed by atoms with E-state index in [1.807, 2.05) is 30.3 Å². The highest BCUT2D eigenvalue weighted by Crippen LogP contribution is 2.23. The van der Waals surface area contributed by atoms with Gasteiger partial charge in [-0.25, -0.2) is 0 Å². The molecule has 0 spiro atoms. The first-order chi connectivity index (χ1) is 12.6. The van der Waals surface area contributed by atoms with Gasteiger partial charge < -0.3 is 10.1 Å². The molecule has 0 saturated heterocycles. The molecule has 0 atom stereocenters. The second-order valence-corrected chi connectivity index (χ2v) is 7.10. The van der Waals surface area contributed by atoms with Crippen LogP contribution in [0, 0.1) is 6.92 Å². The van der Waals surface area contributed by atoms with Gasteiger partial charge in [0.25, 0.3) is 0 Å². The summed E-state index contributed by atoms with van der Waals surface area (Å²) in [6.45, 7) is 4.13. The van der Waals surface area contributed by atoms with Crippen LogP contribution < -0.4 is 10.1 Å². The number of nitrogens with one attached hydrogen (secondary N) is 1. The molecule has 0 saturated carbocycles. The second-order valence-electron chi connectivity index (χ2n) is 6.26. The minimum Gasteiger partial charge on any atom is -0.489 e. The normalized spacial score (nSPS) is 10.3. The minimum atomic E-state index is 0. The largest absolute Gasteiger partial charge is 0.489 e. The molecular weight excluding hydrogens is 401 g/mol. The van der Waals surface area contributed by atoms with Crippen LogP contribution in [0.15, 0.2) is 66.7 Å². The van der Waals surface area contributed by atoms with Crippen molar-refractivity contribution >= 4 is 35.6 Å². The molecule has 1 N–H and O–H groups in total. The molecule has 3 aromatic carbocycles. The predicted octanol–water partition coefficient (Wildman–Crippen LogP) is 6.59. The molecule has 0 unspecified atom stereocenters. The zero-order valence-corrected chi connectivity index (χ0v) is 17.4. The molecule has 0 aliphatic heterocycles. The molecule has 0 bridgehead atoms. The van der Waals surface area contributed by atoms with Crippen LogP contribution >= 0.6 is 35.6 Å². The van der Waals surface area contributed by atoms with Gasteiger partial charge >= 0.3 is 0 Å². The minimum absolute atomic E-state index is 0. The maximum atomic E-state index is 6.19. The number of rotatable bonds is 7. The highest BCUT2D eigenvalue weighted by atomic mass is 35.5. The highest BCUT2D eigenvalue weighted by molar-refractivity contribution is 6.35. The Morgan fingerprint density at radius 1 is 0.852 bits per heavy atom. The fraction of sp³-hybridized carbons (Fsp3) is 0.182. The molecule has 3 aromatic rings. The van der Waals surface area contributed by atoms with Crippen molar-refractivity contribution < 1.29 is 4.74 Å². The van der Waals surface area contributed by atoms with Crippen molar-refractivity contribution in [3.63, 3.8) is 0 Å². The summed E-state index contributed by atoms with van der Waals surface area (Å²) >= 11 is 12.1. The molecule has 2 nitrogen and oxygen atoms in total. The van der Waals surface area contributed by atoms with Crippen LogP contribution in [0.2, 0.25) is 10.0 Å². The Balaban J connectivity index is 0.00000261. The molecule has 0 fully saturated rings. The second kappa shape index (κ2) is 10.6. The van der Waals surface area contributed by atoms with E-state index in [-0.39, 0.29) is 12.4 Å². The Kier molecular flexibility index (Phi) is 8.46. The standard InChI is InChI=1S/C22H21Cl2NO.ClH/c1-16-5-7-17(8-6-16)13-25-14-18-3-2-4-21(11-18)26-15-19-9-10-20(23)12-22(19)24;/h2-12,25H,13-15H2,1H3;1H. The van der Waals surface area contributed by atoms with Gasteiger partial charge in [-0.15, -0.1) is 12.4 Å². The van der Waals surface area contributed by atoms with Gasteiger partial charge in [0.15, 0.2) is 0 Å². The summed E-state index contributed by atoms with van der Waals surface area (Å²) in [5.74, 6) is 0.825. The maximum absolute atomic E-state index is 6.19. The van der Waals surface area contributed by atoms with Crippen molar-refractivity contribution in [2.45, 2.75) is 26.6 Å². The summed E-state index contributed by atoms with van der Waals surface area (Å²) in [6, 6.07) is 22.1. The van der Waals surface area contributed by atoms with E-state index >= 15 is 0 Å². The molecule has 0 aliphatic carbocycles. The van der Waals surface area contributed by atoms with Gasteiger partial charge in [0.1, 0.15) is 12.4 Å². The number of hydrogen-bond acceptors (Lipinski definition) is 2. The lowest BCUT2D eigenvalue weighted by atomic mass is 10.1. The smallest absolute Gasteiger partial charge is 0.120 e. The van der Waals surface area contributed by atoms with E-state index in [0.717, 1.165) is 24.4 Å². The molecule has 27 heavy (non-hydrogen) atoms. The summed E-state index contributed by atoms with van der Waals surface area (Å²) in [5, 5.41) is 4.71. The van der Waals surface area contributed by atoms with Crippen molar-refractivity contribution in [3.05, 3.63) is 99.0 Å². The molecule has 0 radical (unpaired) electrons. The van der Waals surface area contributed by atoms with E-state index in [9.17, 15) is 0 Å². The number of halogens is 3. The average Bonchev–Trinajstić information content (AvgIpc) is 2.63. The summed E-state index contributed by atoms with van der Waals surface area (Å²) in [7, 11) is 0. The number of ether oxygens (including phenoxy) is 1. The third-order valence-corrected chi connectivity index (χ3v) is 4.67. The van der Waals surface area contributed by atoms with E-state index in [4.69, 9.17) is 27.9 Å². The molecule has 0 heterocycles. The van der Waals surface area contributed by atoms with Gasteiger partial charge in [0, 0.05) is 28.7 Å². The fourth-order valence-corrected chi connectivity index (χ4v) is 3.07. The molecule has 0 aromatic heterocycles. The Labute approximate surface area is 176 Å². The number of benzene rings is 3. The summed E-state index contributed by atoms with van der Waals surface area (Å²) in [5.41, 5.74) is 4.65. The fourth-order valence-electron chi connectivity index (χ4n) is 2.60. The van der Waals surface area contributed by atoms with Crippen molar-refractivity contribution in [2.75, 3.05) is 0 Å². The first kappa shape index (κ1) is 21.6. The SMILES string of the molecule is Cc1ccc(CNCc2cccc(OCc3ccc(Cl)cc3Cl)c2)cc1.Cl. The monoisotopic (exact) mass is 421 g/mol. The van der Waals surface area contributed by atoms with E-state index in [0.29, 0.717) is 16.7 Å². The topological polar surface area (TPSA) is 21.3 Å². The molecule has 3 rings (SSSR count). The van der Waals surface area contributed by atoms with Crippen molar-refractivity contribution in [1.82, 2.24) is 5.32 Å². The Bertz CT molecular complexity index is 866. The first-order valence-electron chi connectivity index (χ1n) is 8.52. The zero-order chi connectivity index (χ0) is 18.4. The predicted molar refractivity (Wildman–Crippen MR) is 116 cm³/mol. The Morgan fingerprint density at radius 3 is 2.33 bits per heavy atom. The Hall–Kier alpha value is -1.71. The van der Waals surface area contributed by atoms with Crippen LogP contribution in [-0.4, -0.2) is 0 Å². The van der Waals surface area contributed by atoms with Gasteiger partial charge in [0.05, 0.1) is 0 Å². The lowest BCUT2D eigenvalue weighted by Gasteiger charge is -2.10. The van der Waals surface area contributed by atoms with Crippen molar-refractivity contribution in [2.24, 2.45) is 0 Å². The molecule has 0 aliphatic rings. The maximum Gasteiger partial charge on any atom is 0.120 e. The van der Waals surface area contributed by atoms with Gasteiger partial charge in [0.2, 0.25) is 0 Å².